The van der Waals surface area contributed by atoms with Gasteiger partial charge in [-0.05, 0) is 25.7 Å². The van der Waals surface area contributed by atoms with Gasteiger partial charge < -0.3 is 15.3 Å². The van der Waals surface area contributed by atoms with Gasteiger partial charge in [0.1, 0.15) is 6.33 Å². The normalized spacial score (nSPS) is 23.3. The topological polar surface area (TPSA) is 104 Å². The van der Waals surface area contributed by atoms with Gasteiger partial charge in [0.05, 0.1) is 17.7 Å². The maximum Gasteiger partial charge on any atom is 0.257 e. The van der Waals surface area contributed by atoms with Crippen LogP contribution in [0.1, 0.15) is 48.5 Å². The molecule has 0 bridgehead atoms. The van der Waals surface area contributed by atoms with Gasteiger partial charge in [0, 0.05) is 48.9 Å². The Kier molecular flexibility index (Phi) is 4.51. The monoisotopic (exact) mass is 368 g/mol. The van der Waals surface area contributed by atoms with Crippen molar-refractivity contribution in [2.45, 2.75) is 38.1 Å². The largest absolute Gasteiger partial charge is 0.396 e. The van der Waals surface area contributed by atoms with E-state index < -0.39 is 0 Å². The summed E-state index contributed by atoms with van der Waals surface area (Å²) in [6, 6.07) is 0. The van der Waals surface area contributed by atoms with Crippen molar-refractivity contribution in [2.24, 2.45) is 5.41 Å². The number of aromatic nitrogens is 4. The Balaban J connectivity index is 1.43. The van der Waals surface area contributed by atoms with Crippen molar-refractivity contribution in [3.8, 4) is 0 Å². The molecule has 2 aliphatic rings. The van der Waals surface area contributed by atoms with Crippen LogP contribution in [0.15, 0.2) is 31.1 Å². The number of aliphatic hydroxyl groups excluding tert-OH is 1. The Hall–Kier alpha value is -2.61. The molecule has 142 valence electrons. The van der Waals surface area contributed by atoms with E-state index in [2.05, 4.69) is 32.2 Å². The highest BCUT2D eigenvalue weighted by Crippen LogP contribution is 2.47. The second-order valence-corrected chi connectivity index (χ2v) is 7.62. The Morgan fingerprint density at radius 3 is 2.44 bits per heavy atom. The van der Waals surface area contributed by atoms with Gasteiger partial charge >= 0.3 is 0 Å². The highest BCUT2D eigenvalue weighted by Gasteiger charge is 2.45. The van der Waals surface area contributed by atoms with Crippen LogP contribution in [-0.2, 0) is 5.54 Å². The standard InChI is InChI=1S/C19H24N6O2/c1-2-18(12-26)5-6-25(11-18)16(27)14-7-22-17(23-8-14)24-19(3-4-19)15-9-20-13-21-10-15/h7-10,13,26H,2-6,11-12H2,1H3,(H,22,23,24)/t18-/m0/s1. The molecular formula is C19H24N6O2. The first-order chi connectivity index (χ1) is 13.1. The lowest BCUT2D eigenvalue weighted by molar-refractivity contribution is 0.0735. The second kappa shape index (κ2) is 6.84. The molecule has 2 aromatic rings. The highest BCUT2D eigenvalue weighted by atomic mass is 16.3. The summed E-state index contributed by atoms with van der Waals surface area (Å²) in [7, 11) is 0. The number of likely N-dealkylation sites (tertiary alicyclic amines) is 1. The molecule has 2 N–H and O–H groups in total. The molecule has 0 spiro atoms. The van der Waals surface area contributed by atoms with E-state index in [-0.39, 0.29) is 23.5 Å². The quantitative estimate of drug-likeness (QED) is 0.798. The van der Waals surface area contributed by atoms with E-state index >= 15 is 0 Å². The first-order valence-electron chi connectivity index (χ1n) is 9.36. The van der Waals surface area contributed by atoms with Crippen LogP contribution in [0.4, 0.5) is 5.95 Å². The van der Waals surface area contributed by atoms with Gasteiger partial charge in [-0.15, -0.1) is 0 Å². The number of carbonyl (C=O) groups excluding carboxylic acids is 1. The number of amides is 1. The molecule has 2 aromatic heterocycles. The number of aliphatic hydroxyl groups is 1. The molecule has 1 saturated heterocycles. The number of anilines is 1. The molecule has 1 atom stereocenters. The molecule has 8 nitrogen and oxygen atoms in total. The molecule has 1 aliphatic heterocycles. The summed E-state index contributed by atoms with van der Waals surface area (Å²) in [4.78, 5) is 31.3. The van der Waals surface area contributed by atoms with Gasteiger partial charge in [0.2, 0.25) is 5.95 Å². The Morgan fingerprint density at radius 1 is 1.19 bits per heavy atom. The van der Waals surface area contributed by atoms with E-state index in [4.69, 9.17) is 0 Å². The van der Waals surface area contributed by atoms with Crippen molar-refractivity contribution < 1.29 is 9.90 Å². The number of nitrogens with one attached hydrogen (secondary N) is 1. The molecule has 2 fully saturated rings. The van der Waals surface area contributed by atoms with Crippen LogP contribution in [0.2, 0.25) is 0 Å². The van der Waals surface area contributed by atoms with Crippen LogP contribution >= 0.6 is 0 Å². The van der Waals surface area contributed by atoms with E-state index in [1.807, 2.05) is 0 Å². The van der Waals surface area contributed by atoms with Gasteiger partial charge in [-0.2, -0.15) is 0 Å². The molecule has 27 heavy (non-hydrogen) atoms. The minimum absolute atomic E-state index is 0.0806. The molecule has 1 saturated carbocycles. The summed E-state index contributed by atoms with van der Waals surface area (Å²) in [6.07, 6.45) is 11.9. The predicted octanol–water partition coefficient (Wildman–Crippen LogP) is 1.60. The minimum atomic E-state index is -0.205. The summed E-state index contributed by atoms with van der Waals surface area (Å²) >= 11 is 0. The Bertz CT molecular complexity index is 803. The lowest BCUT2D eigenvalue weighted by Crippen LogP contribution is -2.33. The summed E-state index contributed by atoms with van der Waals surface area (Å²) in [6.45, 7) is 3.40. The second-order valence-electron chi connectivity index (χ2n) is 7.62. The lowest BCUT2D eigenvalue weighted by atomic mass is 9.85. The number of hydrogen-bond donors (Lipinski definition) is 2. The fraction of sp³-hybridized carbons (Fsp3) is 0.526. The SMILES string of the molecule is CC[C@]1(CO)CCN(C(=O)c2cnc(NC3(c4cncnc4)CC3)nc2)C1. The summed E-state index contributed by atoms with van der Waals surface area (Å²) in [5.74, 6) is 0.413. The molecular weight excluding hydrogens is 344 g/mol. The van der Waals surface area contributed by atoms with E-state index in [0.717, 1.165) is 31.2 Å². The van der Waals surface area contributed by atoms with Crippen molar-refractivity contribution in [2.75, 3.05) is 25.0 Å². The molecule has 4 rings (SSSR count). The lowest BCUT2D eigenvalue weighted by Gasteiger charge is -2.25. The average molecular weight is 368 g/mol. The van der Waals surface area contributed by atoms with Crippen LogP contribution in [0, 0.1) is 5.41 Å². The van der Waals surface area contributed by atoms with E-state index in [1.54, 1.807) is 29.7 Å². The van der Waals surface area contributed by atoms with Crippen molar-refractivity contribution in [1.29, 1.82) is 0 Å². The van der Waals surface area contributed by atoms with Gasteiger partial charge in [-0.25, -0.2) is 19.9 Å². The third kappa shape index (κ3) is 3.37. The average Bonchev–Trinajstić information content (AvgIpc) is 3.38. The smallest absolute Gasteiger partial charge is 0.257 e. The maximum absolute atomic E-state index is 12.7. The van der Waals surface area contributed by atoms with Gasteiger partial charge in [0.15, 0.2) is 0 Å². The number of carbonyl (C=O) groups is 1. The van der Waals surface area contributed by atoms with Crippen LogP contribution in [0.3, 0.4) is 0 Å². The van der Waals surface area contributed by atoms with Crippen LogP contribution in [0.25, 0.3) is 0 Å². The summed E-state index contributed by atoms with van der Waals surface area (Å²) < 4.78 is 0. The van der Waals surface area contributed by atoms with Crippen LogP contribution in [-0.4, -0.2) is 55.5 Å². The first-order valence-corrected chi connectivity index (χ1v) is 9.36. The molecule has 0 radical (unpaired) electrons. The van der Waals surface area contributed by atoms with Crippen molar-refractivity contribution in [3.05, 3.63) is 42.2 Å². The molecule has 1 aliphatic carbocycles. The van der Waals surface area contributed by atoms with Gasteiger partial charge in [-0.1, -0.05) is 6.92 Å². The Labute approximate surface area is 158 Å². The van der Waals surface area contributed by atoms with Gasteiger partial charge in [-0.3, -0.25) is 4.79 Å². The van der Waals surface area contributed by atoms with Crippen LogP contribution < -0.4 is 5.32 Å². The zero-order valence-corrected chi connectivity index (χ0v) is 15.4. The zero-order chi connectivity index (χ0) is 18.9. The van der Waals surface area contributed by atoms with Crippen LogP contribution in [0.5, 0.6) is 0 Å². The Morgan fingerprint density at radius 2 is 1.89 bits per heavy atom. The van der Waals surface area contributed by atoms with Gasteiger partial charge in [0.25, 0.3) is 5.91 Å². The van der Waals surface area contributed by atoms with E-state index in [0.29, 0.717) is 24.6 Å². The molecule has 0 unspecified atom stereocenters. The number of hydrogen-bond acceptors (Lipinski definition) is 7. The molecule has 8 heteroatoms. The summed E-state index contributed by atoms with van der Waals surface area (Å²) in [5, 5.41) is 13.0. The minimum Gasteiger partial charge on any atom is -0.396 e. The third-order valence-corrected chi connectivity index (χ3v) is 5.92. The fourth-order valence-corrected chi connectivity index (χ4v) is 3.69. The highest BCUT2D eigenvalue weighted by molar-refractivity contribution is 5.94. The maximum atomic E-state index is 12.7. The van der Waals surface area contributed by atoms with E-state index in [9.17, 15) is 9.90 Å². The molecule has 0 aromatic carbocycles. The summed E-state index contributed by atoms with van der Waals surface area (Å²) in [5.41, 5.74) is 1.11. The van der Waals surface area contributed by atoms with Crippen molar-refractivity contribution in [3.63, 3.8) is 0 Å². The van der Waals surface area contributed by atoms with E-state index in [1.165, 1.54) is 6.33 Å². The zero-order valence-electron chi connectivity index (χ0n) is 15.4. The van der Waals surface area contributed by atoms with Crippen molar-refractivity contribution in [1.82, 2.24) is 24.8 Å². The molecule has 1 amide bonds. The first kappa shape index (κ1) is 17.8. The fourth-order valence-electron chi connectivity index (χ4n) is 3.69. The molecule has 3 heterocycles. The predicted molar refractivity (Wildman–Crippen MR) is 98.9 cm³/mol. The number of nitrogens with zero attached hydrogens (tertiary/aromatic N) is 5. The number of rotatable bonds is 6. The van der Waals surface area contributed by atoms with Crippen molar-refractivity contribution >= 4 is 11.9 Å². The third-order valence-electron chi connectivity index (χ3n) is 5.92.